The van der Waals surface area contributed by atoms with Crippen LogP contribution in [0, 0.1) is 0 Å². The van der Waals surface area contributed by atoms with Gasteiger partial charge < -0.3 is 10.4 Å². The van der Waals surface area contributed by atoms with Crippen molar-refractivity contribution in [2.24, 2.45) is 0 Å². The van der Waals surface area contributed by atoms with Gasteiger partial charge in [-0.05, 0) is 12.8 Å². The van der Waals surface area contributed by atoms with E-state index in [1.165, 1.54) is 6.92 Å². The second-order valence-corrected chi connectivity index (χ2v) is 2.46. The van der Waals surface area contributed by atoms with Gasteiger partial charge >= 0.3 is 0 Å². The summed E-state index contributed by atoms with van der Waals surface area (Å²) >= 11 is 0. The van der Waals surface area contributed by atoms with E-state index in [9.17, 15) is 4.79 Å². The van der Waals surface area contributed by atoms with E-state index in [4.69, 9.17) is 5.11 Å². The fraction of sp³-hybridized carbons (Fsp3) is 0.625. The number of carbonyl (C=O) groups is 1. The first-order valence-electron chi connectivity index (χ1n) is 3.68. The summed E-state index contributed by atoms with van der Waals surface area (Å²) in [5, 5.41) is 11.2. The van der Waals surface area contributed by atoms with Crippen molar-refractivity contribution in [2.75, 3.05) is 13.2 Å². The van der Waals surface area contributed by atoms with E-state index >= 15 is 0 Å². The van der Waals surface area contributed by atoms with Gasteiger partial charge in [-0.25, -0.2) is 0 Å². The number of aliphatic hydroxyl groups is 1. The zero-order chi connectivity index (χ0) is 8.69. The van der Waals surface area contributed by atoms with Crippen LogP contribution in [0.3, 0.4) is 0 Å². The second kappa shape index (κ2) is 5.92. The minimum Gasteiger partial charge on any atom is -0.396 e. The molecule has 0 fully saturated rings. The first-order chi connectivity index (χ1) is 5.16. The van der Waals surface area contributed by atoms with Gasteiger partial charge in [0, 0.05) is 20.1 Å². The Bertz CT molecular complexity index is 143. The fourth-order valence-corrected chi connectivity index (χ4v) is 0.698. The number of carbonyl (C=O) groups excluding carboxylic acids is 1. The molecular weight excluding hydrogens is 142 g/mol. The van der Waals surface area contributed by atoms with Crippen molar-refractivity contribution in [3.63, 3.8) is 0 Å². The summed E-state index contributed by atoms with van der Waals surface area (Å²) in [6.07, 6.45) is 1.37. The average molecular weight is 157 g/mol. The maximum Gasteiger partial charge on any atom is 0.216 e. The highest BCUT2D eigenvalue weighted by Crippen LogP contribution is 2.00. The van der Waals surface area contributed by atoms with Crippen LogP contribution in [0.2, 0.25) is 0 Å². The molecule has 0 aliphatic heterocycles. The standard InChI is InChI=1S/C8H15NO2/c1-7(4-6-10)3-5-9-8(2)11/h10H,1,3-6H2,2H3,(H,9,11). The van der Waals surface area contributed by atoms with E-state index < -0.39 is 0 Å². The molecule has 0 aromatic rings. The van der Waals surface area contributed by atoms with E-state index in [-0.39, 0.29) is 12.5 Å². The molecule has 0 atom stereocenters. The highest BCUT2D eigenvalue weighted by Gasteiger charge is 1.94. The number of rotatable bonds is 5. The van der Waals surface area contributed by atoms with Crippen LogP contribution < -0.4 is 5.32 Å². The lowest BCUT2D eigenvalue weighted by molar-refractivity contribution is -0.118. The summed E-state index contributed by atoms with van der Waals surface area (Å²) in [6, 6.07) is 0. The first kappa shape index (κ1) is 10.2. The van der Waals surface area contributed by atoms with Crippen LogP contribution in [-0.2, 0) is 4.79 Å². The van der Waals surface area contributed by atoms with Crippen molar-refractivity contribution in [1.82, 2.24) is 5.32 Å². The molecule has 0 rings (SSSR count). The molecule has 0 aromatic heterocycles. The summed E-state index contributed by atoms with van der Waals surface area (Å²) in [4.78, 5) is 10.4. The van der Waals surface area contributed by atoms with Gasteiger partial charge in [0.15, 0.2) is 0 Å². The van der Waals surface area contributed by atoms with Crippen molar-refractivity contribution < 1.29 is 9.90 Å². The van der Waals surface area contributed by atoms with E-state index in [2.05, 4.69) is 11.9 Å². The molecule has 3 nitrogen and oxygen atoms in total. The Labute approximate surface area is 67.1 Å². The fourth-order valence-electron chi connectivity index (χ4n) is 0.698. The lowest BCUT2D eigenvalue weighted by Crippen LogP contribution is -2.21. The molecule has 3 heteroatoms. The van der Waals surface area contributed by atoms with Gasteiger partial charge in [-0.3, -0.25) is 4.79 Å². The number of amides is 1. The Hall–Kier alpha value is -0.830. The van der Waals surface area contributed by atoms with Gasteiger partial charge in [-0.1, -0.05) is 12.2 Å². The molecule has 1 amide bonds. The van der Waals surface area contributed by atoms with Crippen LogP contribution in [0.1, 0.15) is 19.8 Å². The number of hydrogen-bond acceptors (Lipinski definition) is 2. The maximum absolute atomic E-state index is 10.4. The van der Waals surface area contributed by atoms with Crippen LogP contribution in [0.4, 0.5) is 0 Å². The molecule has 0 spiro atoms. The van der Waals surface area contributed by atoms with Crippen LogP contribution in [0.15, 0.2) is 12.2 Å². The SMILES string of the molecule is C=C(CCO)CCNC(C)=O. The summed E-state index contributed by atoms with van der Waals surface area (Å²) in [6.45, 7) is 5.97. The Morgan fingerprint density at radius 3 is 2.64 bits per heavy atom. The summed E-state index contributed by atoms with van der Waals surface area (Å²) < 4.78 is 0. The van der Waals surface area contributed by atoms with Crippen molar-refractivity contribution in [1.29, 1.82) is 0 Å². The zero-order valence-electron chi connectivity index (χ0n) is 6.89. The van der Waals surface area contributed by atoms with Gasteiger partial charge in [-0.15, -0.1) is 0 Å². The largest absolute Gasteiger partial charge is 0.396 e. The van der Waals surface area contributed by atoms with Crippen LogP contribution in [0.25, 0.3) is 0 Å². The molecule has 0 aliphatic carbocycles. The summed E-state index contributed by atoms with van der Waals surface area (Å²) in [7, 11) is 0. The number of aliphatic hydroxyl groups excluding tert-OH is 1. The minimum atomic E-state index is -0.0261. The molecule has 64 valence electrons. The average Bonchev–Trinajstić information content (AvgIpc) is 1.87. The van der Waals surface area contributed by atoms with E-state index in [1.54, 1.807) is 0 Å². The summed E-state index contributed by atoms with van der Waals surface area (Å²) in [5.74, 6) is -0.0261. The van der Waals surface area contributed by atoms with Crippen LogP contribution in [0.5, 0.6) is 0 Å². The van der Waals surface area contributed by atoms with Crippen molar-refractivity contribution in [2.45, 2.75) is 19.8 Å². The third-order valence-corrected chi connectivity index (χ3v) is 1.32. The van der Waals surface area contributed by atoms with E-state index in [0.29, 0.717) is 13.0 Å². The molecular formula is C8H15NO2. The van der Waals surface area contributed by atoms with E-state index in [0.717, 1.165) is 12.0 Å². The Balaban J connectivity index is 3.24. The topological polar surface area (TPSA) is 49.3 Å². The third-order valence-electron chi connectivity index (χ3n) is 1.32. The second-order valence-electron chi connectivity index (χ2n) is 2.46. The molecule has 0 unspecified atom stereocenters. The Morgan fingerprint density at radius 2 is 2.18 bits per heavy atom. The molecule has 0 saturated carbocycles. The van der Waals surface area contributed by atoms with Crippen molar-refractivity contribution in [3.05, 3.63) is 12.2 Å². The van der Waals surface area contributed by atoms with Gasteiger partial charge in [0.05, 0.1) is 0 Å². The van der Waals surface area contributed by atoms with E-state index in [1.807, 2.05) is 0 Å². The quantitative estimate of drug-likeness (QED) is 0.569. The molecule has 0 aromatic carbocycles. The normalized spacial score (nSPS) is 9.27. The predicted octanol–water partition coefficient (Wildman–Crippen LogP) is 0.451. The van der Waals surface area contributed by atoms with Crippen LogP contribution in [-0.4, -0.2) is 24.2 Å². The highest BCUT2D eigenvalue weighted by atomic mass is 16.2. The Kier molecular flexibility index (Phi) is 5.47. The molecule has 0 aliphatic rings. The van der Waals surface area contributed by atoms with Gasteiger partial charge in [0.1, 0.15) is 0 Å². The highest BCUT2D eigenvalue weighted by molar-refractivity contribution is 5.72. The zero-order valence-corrected chi connectivity index (χ0v) is 6.89. The monoisotopic (exact) mass is 157 g/mol. The van der Waals surface area contributed by atoms with Gasteiger partial charge in [-0.2, -0.15) is 0 Å². The van der Waals surface area contributed by atoms with Gasteiger partial charge in [0.2, 0.25) is 5.91 Å². The smallest absolute Gasteiger partial charge is 0.216 e. The minimum absolute atomic E-state index is 0.0261. The maximum atomic E-state index is 10.4. The molecule has 0 radical (unpaired) electrons. The first-order valence-corrected chi connectivity index (χ1v) is 3.68. The molecule has 0 bridgehead atoms. The predicted molar refractivity (Wildman–Crippen MR) is 44.1 cm³/mol. The molecule has 0 saturated heterocycles. The number of nitrogens with one attached hydrogen (secondary N) is 1. The lowest BCUT2D eigenvalue weighted by Gasteiger charge is -2.03. The van der Waals surface area contributed by atoms with Gasteiger partial charge in [0.25, 0.3) is 0 Å². The van der Waals surface area contributed by atoms with Crippen molar-refractivity contribution in [3.8, 4) is 0 Å². The Morgan fingerprint density at radius 1 is 1.55 bits per heavy atom. The van der Waals surface area contributed by atoms with Crippen molar-refractivity contribution >= 4 is 5.91 Å². The third kappa shape index (κ3) is 7.06. The molecule has 11 heavy (non-hydrogen) atoms. The lowest BCUT2D eigenvalue weighted by atomic mass is 10.1. The molecule has 0 heterocycles. The summed E-state index contributed by atoms with van der Waals surface area (Å²) in [5.41, 5.74) is 0.973. The van der Waals surface area contributed by atoms with Crippen LogP contribution >= 0.6 is 0 Å². The molecule has 2 N–H and O–H groups in total. The number of hydrogen-bond donors (Lipinski definition) is 2.